The summed E-state index contributed by atoms with van der Waals surface area (Å²) in [7, 11) is 3.12. The average molecular weight is 562 g/mol. The van der Waals surface area contributed by atoms with E-state index in [1.807, 2.05) is 48.5 Å². The summed E-state index contributed by atoms with van der Waals surface area (Å²) in [6.07, 6.45) is 1.74. The number of carbonyl (C=O) groups is 1. The summed E-state index contributed by atoms with van der Waals surface area (Å²) in [6.45, 7) is 0.456. The Bertz CT molecular complexity index is 1080. The first-order valence-corrected chi connectivity index (χ1v) is 11.3. The van der Waals surface area contributed by atoms with Crippen LogP contribution in [0.3, 0.4) is 0 Å². The van der Waals surface area contributed by atoms with E-state index in [0.717, 1.165) is 25.6 Å². The fourth-order valence-electron chi connectivity index (χ4n) is 2.92. The lowest BCUT2D eigenvalue weighted by Crippen LogP contribution is -2.19. The number of hydrogen-bond donors (Lipinski definition) is 1. The third kappa shape index (κ3) is 6.58. The number of ether oxygens (including phenoxy) is 3. The highest BCUT2D eigenvalue weighted by Gasteiger charge is 2.10. The van der Waals surface area contributed by atoms with Gasteiger partial charge in [-0.25, -0.2) is 5.43 Å². The van der Waals surface area contributed by atoms with E-state index in [1.165, 1.54) is 0 Å². The van der Waals surface area contributed by atoms with Crippen LogP contribution in [-0.2, 0) is 17.8 Å². The largest absolute Gasteiger partial charge is 0.493 e. The Morgan fingerprint density at radius 1 is 0.938 bits per heavy atom. The van der Waals surface area contributed by atoms with Crippen molar-refractivity contribution in [1.82, 2.24) is 5.43 Å². The van der Waals surface area contributed by atoms with E-state index < -0.39 is 0 Å². The number of nitrogens with zero attached hydrogens (tertiary/aromatic N) is 1. The molecule has 0 atom stereocenters. The molecule has 3 rings (SSSR count). The lowest BCUT2D eigenvalue weighted by molar-refractivity contribution is -0.120. The standard InChI is InChI=1S/C24H22Br2N2O4/c1-30-21-9-8-17(12-22(21)31-2)13-23(29)28-27-14-18-10-19(25)24(20(26)11-18)32-15-16-6-4-3-5-7-16/h3-12,14H,13,15H2,1-2H3,(H,28,29)/b27-14+. The van der Waals surface area contributed by atoms with Crippen molar-refractivity contribution in [3.05, 3.63) is 86.3 Å². The average Bonchev–Trinajstić information content (AvgIpc) is 2.79. The van der Waals surface area contributed by atoms with E-state index in [2.05, 4.69) is 42.4 Å². The zero-order chi connectivity index (χ0) is 22.9. The van der Waals surface area contributed by atoms with Crippen molar-refractivity contribution in [2.45, 2.75) is 13.0 Å². The van der Waals surface area contributed by atoms with Gasteiger partial charge in [-0.05, 0) is 72.8 Å². The Balaban J connectivity index is 1.58. The van der Waals surface area contributed by atoms with Crippen LogP contribution < -0.4 is 19.6 Å². The minimum absolute atomic E-state index is 0.164. The number of methoxy groups -OCH3 is 2. The Morgan fingerprint density at radius 3 is 2.28 bits per heavy atom. The quantitative estimate of drug-likeness (QED) is 0.277. The van der Waals surface area contributed by atoms with Gasteiger partial charge in [-0.2, -0.15) is 5.10 Å². The molecule has 0 aliphatic carbocycles. The molecular formula is C24H22Br2N2O4. The van der Waals surface area contributed by atoms with Crippen molar-refractivity contribution < 1.29 is 19.0 Å². The van der Waals surface area contributed by atoms with Gasteiger partial charge >= 0.3 is 0 Å². The van der Waals surface area contributed by atoms with Crippen molar-refractivity contribution in [1.29, 1.82) is 0 Å². The molecule has 166 valence electrons. The molecule has 0 heterocycles. The van der Waals surface area contributed by atoms with Gasteiger partial charge in [-0.15, -0.1) is 0 Å². The SMILES string of the molecule is COc1ccc(CC(=O)N/N=C/c2cc(Br)c(OCc3ccccc3)c(Br)c2)cc1OC. The van der Waals surface area contributed by atoms with Gasteiger partial charge < -0.3 is 14.2 Å². The first-order valence-electron chi connectivity index (χ1n) is 9.68. The zero-order valence-corrected chi connectivity index (χ0v) is 20.8. The second kappa shape index (κ2) is 11.7. The van der Waals surface area contributed by atoms with E-state index in [1.54, 1.807) is 32.6 Å². The van der Waals surface area contributed by atoms with Gasteiger partial charge in [0.1, 0.15) is 12.4 Å². The molecule has 0 bridgehead atoms. The second-order valence-electron chi connectivity index (χ2n) is 6.75. The summed E-state index contributed by atoms with van der Waals surface area (Å²) in [5, 5.41) is 4.06. The summed E-state index contributed by atoms with van der Waals surface area (Å²) in [5.41, 5.74) is 5.21. The van der Waals surface area contributed by atoms with Gasteiger partial charge in [-0.3, -0.25) is 4.79 Å². The number of rotatable bonds is 9. The number of benzene rings is 3. The summed E-state index contributed by atoms with van der Waals surface area (Å²) < 4.78 is 18.0. The van der Waals surface area contributed by atoms with Gasteiger partial charge in [0, 0.05) is 0 Å². The van der Waals surface area contributed by atoms with Crippen LogP contribution in [0.25, 0.3) is 0 Å². The van der Waals surface area contributed by atoms with Crippen molar-refractivity contribution in [3.8, 4) is 17.2 Å². The van der Waals surface area contributed by atoms with Crippen LogP contribution in [0.2, 0.25) is 0 Å². The van der Waals surface area contributed by atoms with Gasteiger partial charge in [0.15, 0.2) is 11.5 Å². The third-order valence-corrected chi connectivity index (χ3v) is 5.64. The normalized spacial score (nSPS) is 10.8. The maximum absolute atomic E-state index is 12.2. The lowest BCUT2D eigenvalue weighted by atomic mass is 10.1. The smallest absolute Gasteiger partial charge is 0.244 e. The van der Waals surface area contributed by atoms with Crippen LogP contribution in [0.4, 0.5) is 0 Å². The molecule has 0 saturated heterocycles. The van der Waals surface area contributed by atoms with Crippen LogP contribution in [0.5, 0.6) is 17.2 Å². The monoisotopic (exact) mass is 560 g/mol. The molecule has 1 N–H and O–H groups in total. The van der Waals surface area contributed by atoms with Gasteiger partial charge in [0.2, 0.25) is 5.91 Å². The predicted octanol–water partition coefficient (Wildman–Crippen LogP) is 5.50. The molecule has 32 heavy (non-hydrogen) atoms. The molecule has 3 aromatic carbocycles. The highest BCUT2D eigenvalue weighted by atomic mass is 79.9. The number of amides is 1. The van der Waals surface area contributed by atoms with Crippen molar-refractivity contribution in [3.63, 3.8) is 0 Å². The highest BCUT2D eigenvalue weighted by molar-refractivity contribution is 9.11. The lowest BCUT2D eigenvalue weighted by Gasteiger charge is -2.11. The number of nitrogens with one attached hydrogen (secondary N) is 1. The first-order chi connectivity index (χ1) is 15.5. The second-order valence-corrected chi connectivity index (χ2v) is 8.46. The van der Waals surface area contributed by atoms with Crippen LogP contribution in [0.1, 0.15) is 16.7 Å². The zero-order valence-electron chi connectivity index (χ0n) is 17.6. The topological polar surface area (TPSA) is 69.2 Å². The number of halogens is 2. The summed E-state index contributed by atoms with van der Waals surface area (Å²) in [5.74, 6) is 1.64. The van der Waals surface area contributed by atoms with E-state index in [4.69, 9.17) is 14.2 Å². The van der Waals surface area contributed by atoms with Crippen LogP contribution in [-0.4, -0.2) is 26.3 Å². The van der Waals surface area contributed by atoms with Crippen LogP contribution in [0, 0.1) is 0 Å². The van der Waals surface area contributed by atoms with E-state index in [9.17, 15) is 4.79 Å². The van der Waals surface area contributed by atoms with Crippen molar-refractivity contribution in [2.24, 2.45) is 5.10 Å². The van der Waals surface area contributed by atoms with Gasteiger partial charge in [0.25, 0.3) is 0 Å². The fraction of sp³-hybridized carbons (Fsp3) is 0.167. The van der Waals surface area contributed by atoms with E-state index in [-0.39, 0.29) is 12.3 Å². The molecule has 0 aliphatic rings. The Labute approximate surface area is 203 Å². The van der Waals surface area contributed by atoms with Crippen molar-refractivity contribution in [2.75, 3.05) is 14.2 Å². The fourth-order valence-corrected chi connectivity index (χ4v) is 4.37. The Morgan fingerprint density at radius 2 is 1.62 bits per heavy atom. The number of hydrogen-bond acceptors (Lipinski definition) is 5. The van der Waals surface area contributed by atoms with Gasteiger partial charge in [0.05, 0.1) is 35.8 Å². The van der Waals surface area contributed by atoms with E-state index in [0.29, 0.717) is 23.9 Å². The predicted molar refractivity (Wildman–Crippen MR) is 132 cm³/mol. The summed E-state index contributed by atoms with van der Waals surface area (Å²) >= 11 is 7.07. The molecule has 0 saturated carbocycles. The third-order valence-electron chi connectivity index (χ3n) is 4.46. The van der Waals surface area contributed by atoms with Crippen LogP contribution >= 0.6 is 31.9 Å². The minimum atomic E-state index is -0.241. The molecule has 0 aliphatic heterocycles. The molecule has 6 nitrogen and oxygen atoms in total. The molecule has 0 fully saturated rings. The van der Waals surface area contributed by atoms with Crippen molar-refractivity contribution >= 4 is 44.0 Å². The Kier molecular flexibility index (Phi) is 8.70. The van der Waals surface area contributed by atoms with Gasteiger partial charge in [-0.1, -0.05) is 36.4 Å². The molecule has 0 unspecified atom stereocenters. The number of hydrazone groups is 1. The summed E-state index contributed by atoms with van der Waals surface area (Å²) in [4.78, 5) is 12.2. The Hall–Kier alpha value is -2.84. The maximum atomic E-state index is 12.2. The van der Waals surface area contributed by atoms with Crippen LogP contribution in [0.15, 0.2) is 74.7 Å². The molecule has 3 aromatic rings. The number of carbonyl (C=O) groups excluding carboxylic acids is 1. The minimum Gasteiger partial charge on any atom is -0.493 e. The summed E-state index contributed by atoms with van der Waals surface area (Å²) in [6, 6.07) is 19.0. The molecule has 8 heteroatoms. The maximum Gasteiger partial charge on any atom is 0.244 e. The molecule has 1 amide bonds. The highest BCUT2D eigenvalue weighted by Crippen LogP contribution is 2.35. The molecular weight excluding hydrogens is 540 g/mol. The first kappa shape index (κ1) is 23.8. The molecule has 0 aromatic heterocycles. The van der Waals surface area contributed by atoms with E-state index >= 15 is 0 Å². The molecule has 0 radical (unpaired) electrons. The molecule has 0 spiro atoms.